The van der Waals surface area contributed by atoms with Gasteiger partial charge in [-0.2, -0.15) is 13.2 Å². The molecular weight excluding hydrogens is 371 g/mol. The highest BCUT2D eigenvalue weighted by atomic mass is 32.1. The van der Waals surface area contributed by atoms with E-state index in [2.05, 4.69) is 4.98 Å². The van der Waals surface area contributed by atoms with E-state index in [9.17, 15) is 22.8 Å². The predicted molar refractivity (Wildman–Crippen MR) is 77.0 cm³/mol. The van der Waals surface area contributed by atoms with Crippen LogP contribution < -0.4 is 5.73 Å². The Morgan fingerprint density at radius 3 is 2.44 bits per heavy atom. The van der Waals surface area contributed by atoms with Crippen LogP contribution >= 0.6 is 11.3 Å². The van der Waals surface area contributed by atoms with E-state index in [1.165, 1.54) is 16.2 Å². The Morgan fingerprint density at radius 1 is 1.40 bits per heavy atom. The lowest BCUT2D eigenvalue weighted by molar-refractivity contribution is -0.192. The number of morpholine rings is 1. The van der Waals surface area contributed by atoms with Crippen molar-refractivity contribution >= 4 is 29.2 Å². The Bertz CT molecular complexity index is 636. The Morgan fingerprint density at radius 2 is 2.00 bits per heavy atom. The molecule has 4 N–H and O–H groups in total. The summed E-state index contributed by atoms with van der Waals surface area (Å²) in [4.78, 5) is 37.4. The normalized spacial score (nSPS) is 17.4. The Hall–Kier alpha value is -2.25. The number of alkyl halides is 3. The standard InChI is InChI=1S/C10H13N3O4S.C2HF3O2/c11-3-8-12-6(5-18-8)9(14)13-1-2-17-4-7(13)10(15)16;3-2(4,5)1(6)7/h5,7H,1-4,11H2,(H,15,16);(H,6,7). The van der Waals surface area contributed by atoms with E-state index in [1.807, 2.05) is 0 Å². The van der Waals surface area contributed by atoms with Gasteiger partial charge < -0.3 is 25.6 Å². The lowest BCUT2D eigenvalue weighted by Gasteiger charge is -2.32. The van der Waals surface area contributed by atoms with E-state index >= 15 is 0 Å². The van der Waals surface area contributed by atoms with E-state index in [4.69, 9.17) is 25.5 Å². The number of nitrogens with zero attached hydrogens (tertiary/aromatic N) is 2. The number of nitrogens with two attached hydrogens (primary N) is 1. The number of amides is 1. The predicted octanol–water partition coefficient (Wildman–Crippen LogP) is 0.161. The van der Waals surface area contributed by atoms with Gasteiger partial charge in [-0.3, -0.25) is 4.79 Å². The quantitative estimate of drug-likeness (QED) is 0.668. The molecule has 2 heterocycles. The summed E-state index contributed by atoms with van der Waals surface area (Å²) in [6, 6.07) is -0.950. The number of aliphatic carboxylic acids is 2. The molecule has 1 aromatic rings. The Labute approximate surface area is 142 Å². The van der Waals surface area contributed by atoms with Gasteiger partial charge in [0.15, 0.2) is 6.04 Å². The number of carbonyl (C=O) groups is 3. The summed E-state index contributed by atoms with van der Waals surface area (Å²) < 4.78 is 36.8. The molecule has 1 saturated heterocycles. The summed E-state index contributed by atoms with van der Waals surface area (Å²) in [7, 11) is 0. The molecule has 1 aliphatic heterocycles. The molecule has 2 rings (SSSR count). The maximum absolute atomic E-state index is 12.2. The first kappa shape index (κ1) is 20.8. The van der Waals surface area contributed by atoms with E-state index in [-0.39, 0.29) is 31.3 Å². The van der Waals surface area contributed by atoms with Crippen LogP contribution in [0.15, 0.2) is 5.38 Å². The van der Waals surface area contributed by atoms with E-state index in [0.29, 0.717) is 11.6 Å². The molecule has 0 radical (unpaired) electrons. The van der Waals surface area contributed by atoms with Gasteiger partial charge in [0, 0.05) is 18.5 Å². The summed E-state index contributed by atoms with van der Waals surface area (Å²) in [5, 5.41) is 18.4. The average Bonchev–Trinajstić information content (AvgIpc) is 3.03. The van der Waals surface area contributed by atoms with Crippen LogP contribution in [0.2, 0.25) is 0 Å². The minimum absolute atomic E-state index is 0.00889. The SMILES string of the molecule is NCc1nc(C(=O)N2CCOCC2C(=O)O)cs1.O=C(O)C(F)(F)F. The van der Waals surface area contributed by atoms with Crippen molar-refractivity contribution in [2.75, 3.05) is 19.8 Å². The zero-order valence-corrected chi connectivity index (χ0v) is 13.3. The maximum Gasteiger partial charge on any atom is 0.490 e. The highest BCUT2D eigenvalue weighted by molar-refractivity contribution is 7.09. The molecule has 1 aliphatic rings. The monoisotopic (exact) mass is 385 g/mol. The number of aromatic nitrogens is 1. The number of halogens is 3. The number of thiazole rings is 1. The first-order valence-corrected chi connectivity index (χ1v) is 7.52. The molecule has 0 spiro atoms. The third-order valence-electron chi connectivity index (χ3n) is 2.86. The van der Waals surface area contributed by atoms with Crippen LogP contribution in [-0.2, 0) is 20.9 Å². The zero-order chi connectivity index (χ0) is 19.2. The first-order valence-electron chi connectivity index (χ1n) is 6.64. The van der Waals surface area contributed by atoms with Crippen LogP contribution in [0.4, 0.5) is 13.2 Å². The Kier molecular flexibility index (Phi) is 7.26. The number of hydrogen-bond acceptors (Lipinski definition) is 7. The second-order valence-corrected chi connectivity index (χ2v) is 5.50. The second kappa shape index (κ2) is 8.73. The lowest BCUT2D eigenvalue weighted by atomic mass is 10.2. The van der Waals surface area contributed by atoms with Crippen molar-refractivity contribution in [1.82, 2.24) is 9.88 Å². The van der Waals surface area contributed by atoms with Gasteiger partial charge in [0.1, 0.15) is 10.7 Å². The van der Waals surface area contributed by atoms with Gasteiger partial charge in [0.2, 0.25) is 0 Å². The van der Waals surface area contributed by atoms with Crippen molar-refractivity contribution in [2.45, 2.75) is 18.8 Å². The van der Waals surface area contributed by atoms with Crippen molar-refractivity contribution in [3.8, 4) is 0 Å². The van der Waals surface area contributed by atoms with Crippen LogP contribution in [0.1, 0.15) is 15.5 Å². The fourth-order valence-electron chi connectivity index (χ4n) is 1.70. The topological polar surface area (TPSA) is 143 Å². The molecule has 25 heavy (non-hydrogen) atoms. The maximum atomic E-state index is 12.2. The summed E-state index contributed by atoms with van der Waals surface area (Å²) in [5.74, 6) is -4.22. The molecule has 0 saturated carbocycles. The number of ether oxygens (including phenoxy) is 1. The molecule has 1 atom stereocenters. The molecule has 9 nitrogen and oxygen atoms in total. The number of carboxylic acid groups (broad SMARTS) is 2. The average molecular weight is 385 g/mol. The fraction of sp³-hybridized carbons (Fsp3) is 0.500. The van der Waals surface area contributed by atoms with Gasteiger partial charge in [0.25, 0.3) is 5.91 Å². The number of carboxylic acids is 2. The lowest BCUT2D eigenvalue weighted by Crippen LogP contribution is -2.52. The van der Waals surface area contributed by atoms with Gasteiger partial charge in [-0.25, -0.2) is 14.6 Å². The largest absolute Gasteiger partial charge is 0.490 e. The number of hydrogen-bond donors (Lipinski definition) is 3. The second-order valence-electron chi connectivity index (χ2n) is 4.56. The van der Waals surface area contributed by atoms with E-state index < -0.39 is 24.2 Å². The van der Waals surface area contributed by atoms with Crippen molar-refractivity contribution in [2.24, 2.45) is 5.73 Å². The van der Waals surface area contributed by atoms with Crippen LogP contribution in [0.5, 0.6) is 0 Å². The van der Waals surface area contributed by atoms with Crippen molar-refractivity contribution in [3.05, 3.63) is 16.1 Å². The van der Waals surface area contributed by atoms with Gasteiger partial charge in [-0.05, 0) is 0 Å². The van der Waals surface area contributed by atoms with Crippen molar-refractivity contribution < 1.29 is 42.5 Å². The number of rotatable bonds is 3. The third kappa shape index (κ3) is 5.95. The molecule has 13 heteroatoms. The van der Waals surface area contributed by atoms with Crippen LogP contribution in [0.3, 0.4) is 0 Å². The highest BCUT2D eigenvalue weighted by Gasteiger charge is 2.38. The number of carbonyl (C=O) groups excluding carboxylic acids is 1. The molecule has 1 fully saturated rings. The van der Waals surface area contributed by atoms with Gasteiger partial charge in [-0.1, -0.05) is 0 Å². The zero-order valence-electron chi connectivity index (χ0n) is 12.5. The molecule has 1 aromatic heterocycles. The Balaban J connectivity index is 0.000000381. The van der Waals surface area contributed by atoms with Crippen LogP contribution in [0.25, 0.3) is 0 Å². The smallest absolute Gasteiger partial charge is 0.480 e. The van der Waals surface area contributed by atoms with Gasteiger partial charge in [-0.15, -0.1) is 11.3 Å². The summed E-state index contributed by atoms with van der Waals surface area (Å²) in [6.45, 7) is 0.868. The van der Waals surface area contributed by atoms with Crippen molar-refractivity contribution in [3.63, 3.8) is 0 Å². The molecule has 0 aliphatic carbocycles. The third-order valence-corrected chi connectivity index (χ3v) is 3.73. The summed E-state index contributed by atoms with van der Waals surface area (Å²) in [6.07, 6.45) is -5.08. The molecule has 140 valence electrons. The first-order chi connectivity index (χ1) is 11.6. The highest BCUT2D eigenvalue weighted by Crippen LogP contribution is 2.15. The van der Waals surface area contributed by atoms with Crippen LogP contribution in [-0.4, -0.2) is 69.9 Å². The molecule has 0 bridgehead atoms. The van der Waals surface area contributed by atoms with Gasteiger partial charge in [0.05, 0.1) is 13.2 Å². The fourth-order valence-corrected chi connectivity index (χ4v) is 2.35. The van der Waals surface area contributed by atoms with Gasteiger partial charge >= 0.3 is 18.1 Å². The molecule has 1 amide bonds. The minimum atomic E-state index is -5.08. The molecular formula is C12H14F3N3O6S. The molecule has 0 aromatic carbocycles. The minimum Gasteiger partial charge on any atom is -0.480 e. The van der Waals surface area contributed by atoms with E-state index in [0.717, 1.165) is 0 Å². The summed E-state index contributed by atoms with van der Waals surface area (Å²) in [5.41, 5.74) is 5.67. The van der Waals surface area contributed by atoms with E-state index in [1.54, 1.807) is 5.38 Å². The molecule has 1 unspecified atom stereocenters. The van der Waals surface area contributed by atoms with Crippen molar-refractivity contribution in [1.29, 1.82) is 0 Å². The van der Waals surface area contributed by atoms with Crippen LogP contribution in [0, 0.1) is 0 Å². The summed E-state index contributed by atoms with van der Waals surface area (Å²) >= 11 is 1.29.